The topological polar surface area (TPSA) is 111 Å². The Balaban J connectivity index is 2.45. The SMILES string of the molecule is CCN(CCC#N)c1ncnc2c1ncn2C(CO)CO. The van der Waals surface area contributed by atoms with E-state index in [1.54, 1.807) is 4.57 Å². The maximum Gasteiger partial charge on any atom is 0.165 e. The molecule has 2 heterocycles. The molecule has 0 bridgehead atoms. The van der Waals surface area contributed by atoms with Crippen molar-refractivity contribution in [1.82, 2.24) is 19.5 Å². The number of nitrogens with zero attached hydrogens (tertiary/aromatic N) is 6. The number of anilines is 1. The minimum absolute atomic E-state index is 0.201. The Morgan fingerprint density at radius 2 is 2.10 bits per heavy atom. The molecule has 0 saturated carbocycles. The van der Waals surface area contributed by atoms with Crippen LogP contribution in [0.1, 0.15) is 19.4 Å². The zero-order valence-corrected chi connectivity index (χ0v) is 11.8. The van der Waals surface area contributed by atoms with Gasteiger partial charge in [-0.3, -0.25) is 0 Å². The average molecular weight is 290 g/mol. The summed E-state index contributed by atoms with van der Waals surface area (Å²) < 4.78 is 1.64. The summed E-state index contributed by atoms with van der Waals surface area (Å²) in [5.41, 5.74) is 1.16. The summed E-state index contributed by atoms with van der Waals surface area (Å²) in [6.07, 6.45) is 3.37. The summed E-state index contributed by atoms with van der Waals surface area (Å²) in [4.78, 5) is 14.7. The number of rotatable bonds is 7. The molecule has 0 spiro atoms. The van der Waals surface area contributed by atoms with E-state index >= 15 is 0 Å². The number of aliphatic hydroxyl groups excluding tert-OH is 2. The number of hydrogen-bond acceptors (Lipinski definition) is 7. The summed E-state index contributed by atoms with van der Waals surface area (Å²) in [7, 11) is 0. The predicted octanol–water partition coefficient (Wildman–Crippen LogP) is 0.0920. The van der Waals surface area contributed by atoms with E-state index in [2.05, 4.69) is 21.0 Å². The van der Waals surface area contributed by atoms with Crippen LogP contribution in [-0.2, 0) is 0 Å². The van der Waals surface area contributed by atoms with Gasteiger partial charge in [-0.05, 0) is 6.92 Å². The van der Waals surface area contributed by atoms with Crippen LogP contribution in [0.5, 0.6) is 0 Å². The molecule has 2 N–H and O–H groups in total. The van der Waals surface area contributed by atoms with Crippen molar-refractivity contribution >= 4 is 17.0 Å². The second-order valence-electron chi connectivity index (χ2n) is 4.53. The molecule has 0 amide bonds. The molecule has 0 aromatic carbocycles. The van der Waals surface area contributed by atoms with Crippen molar-refractivity contribution in [2.24, 2.45) is 0 Å². The highest BCUT2D eigenvalue weighted by atomic mass is 16.3. The van der Waals surface area contributed by atoms with Gasteiger partial charge in [-0.1, -0.05) is 0 Å². The van der Waals surface area contributed by atoms with Gasteiger partial charge in [0.25, 0.3) is 0 Å². The van der Waals surface area contributed by atoms with E-state index in [1.807, 2.05) is 11.8 Å². The lowest BCUT2D eigenvalue weighted by Crippen LogP contribution is -2.25. The zero-order valence-electron chi connectivity index (χ0n) is 11.8. The van der Waals surface area contributed by atoms with Gasteiger partial charge < -0.3 is 19.7 Å². The van der Waals surface area contributed by atoms with Crippen LogP contribution in [0, 0.1) is 11.3 Å². The molecule has 2 aromatic heterocycles. The van der Waals surface area contributed by atoms with Gasteiger partial charge in [0, 0.05) is 13.1 Å². The monoisotopic (exact) mass is 290 g/mol. The van der Waals surface area contributed by atoms with Crippen molar-refractivity contribution in [3.05, 3.63) is 12.7 Å². The summed E-state index contributed by atoms with van der Waals surface area (Å²) >= 11 is 0. The van der Waals surface area contributed by atoms with Gasteiger partial charge in [0.1, 0.15) is 6.33 Å². The Hall–Kier alpha value is -2.24. The molecular weight excluding hydrogens is 272 g/mol. The normalized spacial score (nSPS) is 11.0. The van der Waals surface area contributed by atoms with E-state index < -0.39 is 6.04 Å². The number of imidazole rings is 1. The number of nitriles is 1. The molecule has 0 aliphatic rings. The first-order valence-corrected chi connectivity index (χ1v) is 6.77. The Morgan fingerprint density at radius 3 is 2.71 bits per heavy atom. The summed E-state index contributed by atoms with van der Waals surface area (Å²) in [5.74, 6) is 0.658. The molecule has 8 nitrogen and oxygen atoms in total. The Bertz CT molecular complexity index is 631. The maximum atomic E-state index is 9.30. The summed E-state index contributed by atoms with van der Waals surface area (Å²) in [6, 6.07) is 1.64. The van der Waals surface area contributed by atoms with Crippen LogP contribution in [0.15, 0.2) is 12.7 Å². The van der Waals surface area contributed by atoms with Gasteiger partial charge >= 0.3 is 0 Å². The molecule has 0 aliphatic heterocycles. The quantitative estimate of drug-likeness (QED) is 0.743. The lowest BCUT2D eigenvalue weighted by molar-refractivity contribution is 0.156. The first-order valence-electron chi connectivity index (χ1n) is 6.77. The fourth-order valence-electron chi connectivity index (χ4n) is 2.17. The van der Waals surface area contributed by atoms with Crippen molar-refractivity contribution in [3.63, 3.8) is 0 Å². The molecule has 2 rings (SSSR count). The Kier molecular flexibility index (Phi) is 5.03. The van der Waals surface area contributed by atoms with Crippen molar-refractivity contribution in [1.29, 1.82) is 5.26 Å². The van der Waals surface area contributed by atoms with Gasteiger partial charge in [-0.15, -0.1) is 0 Å². The second kappa shape index (κ2) is 6.97. The van der Waals surface area contributed by atoms with E-state index in [0.29, 0.717) is 36.5 Å². The second-order valence-corrected chi connectivity index (χ2v) is 4.53. The molecule has 8 heteroatoms. The Labute approximate surface area is 122 Å². The molecule has 0 aliphatic carbocycles. The number of hydrogen-bond donors (Lipinski definition) is 2. The maximum absolute atomic E-state index is 9.30. The third-order valence-corrected chi connectivity index (χ3v) is 3.33. The van der Waals surface area contributed by atoms with Crippen LogP contribution < -0.4 is 4.90 Å². The predicted molar refractivity (Wildman–Crippen MR) is 76.6 cm³/mol. The van der Waals surface area contributed by atoms with Crippen LogP contribution in [0.3, 0.4) is 0 Å². The molecular formula is C13H18N6O2. The average Bonchev–Trinajstić information content (AvgIpc) is 2.94. The third-order valence-electron chi connectivity index (χ3n) is 3.33. The van der Waals surface area contributed by atoms with Gasteiger partial charge in [0.2, 0.25) is 0 Å². The molecule has 0 unspecified atom stereocenters. The van der Waals surface area contributed by atoms with E-state index in [-0.39, 0.29) is 13.2 Å². The molecule has 21 heavy (non-hydrogen) atoms. The highest BCUT2D eigenvalue weighted by Gasteiger charge is 2.18. The summed E-state index contributed by atoms with van der Waals surface area (Å²) in [5, 5.41) is 27.3. The molecule has 0 radical (unpaired) electrons. The molecule has 112 valence electrons. The Morgan fingerprint density at radius 1 is 1.33 bits per heavy atom. The molecule has 0 fully saturated rings. The minimum Gasteiger partial charge on any atom is -0.394 e. The largest absolute Gasteiger partial charge is 0.394 e. The van der Waals surface area contributed by atoms with Gasteiger partial charge in [-0.2, -0.15) is 5.26 Å². The van der Waals surface area contributed by atoms with Crippen LogP contribution in [-0.4, -0.2) is 56.0 Å². The van der Waals surface area contributed by atoms with Crippen molar-refractivity contribution in [2.75, 3.05) is 31.2 Å². The lowest BCUT2D eigenvalue weighted by Gasteiger charge is -2.20. The first kappa shape index (κ1) is 15.2. The van der Waals surface area contributed by atoms with Crippen LogP contribution in [0.4, 0.5) is 5.82 Å². The molecule has 0 saturated heterocycles. The van der Waals surface area contributed by atoms with E-state index in [9.17, 15) is 10.2 Å². The van der Waals surface area contributed by atoms with Crippen molar-refractivity contribution in [3.8, 4) is 6.07 Å². The van der Waals surface area contributed by atoms with Gasteiger partial charge in [0.05, 0.1) is 38.1 Å². The fraction of sp³-hybridized carbons (Fsp3) is 0.538. The van der Waals surface area contributed by atoms with Gasteiger partial charge in [-0.25, -0.2) is 15.0 Å². The van der Waals surface area contributed by atoms with Crippen LogP contribution >= 0.6 is 0 Å². The number of aromatic nitrogens is 4. The third kappa shape index (κ3) is 2.94. The van der Waals surface area contributed by atoms with Crippen LogP contribution in [0.25, 0.3) is 11.2 Å². The highest BCUT2D eigenvalue weighted by molar-refractivity contribution is 5.83. The first-order chi connectivity index (χ1) is 10.3. The highest BCUT2D eigenvalue weighted by Crippen LogP contribution is 2.23. The lowest BCUT2D eigenvalue weighted by atomic mass is 10.3. The van der Waals surface area contributed by atoms with Crippen molar-refractivity contribution < 1.29 is 10.2 Å². The van der Waals surface area contributed by atoms with E-state index in [4.69, 9.17) is 5.26 Å². The smallest absolute Gasteiger partial charge is 0.165 e. The fourth-order valence-corrected chi connectivity index (χ4v) is 2.17. The van der Waals surface area contributed by atoms with Crippen LogP contribution in [0.2, 0.25) is 0 Å². The molecule has 0 atom stereocenters. The molecule has 2 aromatic rings. The van der Waals surface area contributed by atoms with E-state index in [1.165, 1.54) is 12.7 Å². The standard InChI is InChI=1S/C13H18N6O2/c1-2-18(5-3-4-14)12-11-13(16-8-15-12)19(9-17-11)10(6-20)7-21/h8-10,20-21H,2-3,5-7H2,1H3. The van der Waals surface area contributed by atoms with E-state index in [0.717, 1.165) is 0 Å². The minimum atomic E-state index is -0.480. The number of aliphatic hydroxyl groups is 2. The number of fused-ring (bicyclic) bond motifs is 1. The summed E-state index contributed by atoms with van der Waals surface area (Å²) in [6.45, 7) is 2.84. The van der Waals surface area contributed by atoms with Gasteiger partial charge in [0.15, 0.2) is 17.0 Å². The van der Waals surface area contributed by atoms with Crippen molar-refractivity contribution in [2.45, 2.75) is 19.4 Å². The zero-order chi connectivity index (χ0) is 15.2.